The van der Waals surface area contributed by atoms with Crippen LogP contribution >= 0.6 is 15.9 Å². The summed E-state index contributed by atoms with van der Waals surface area (Å²) in [6.07, 6.45) is -0.183. The first-order chi connectivity index (χ1) is 8.11. The van der Waals surface area contributed by atoms with E-state index in [1.165, 1.54) is 6.07 Å². The molecule has 0 saturated carbocycles. The third-order valence-electron chi connectivity index (χ3n) is 2.87. The second kappa shape index (κ2) is 5.20. The van der Waals surface area contributed by atoms with Gasteiger partial charge in [-0.25, -0.2) is 0 Å². The highest BCUT2D eigenvalue weighted by Gasteiger charge is 2.21. The van der Waals surface area contributed by atoms with E-state index < -0.39 is 0 Å². The molecule has 0 bridgehead atoms. The Morgan fingerprint density at radius 3 is 3.06 bits per heavy atom. The average Bonchev–Trinajstić information content (AvgIpc) is 2.34. The Morgan fingerprint density at radius 1 is 1.59 bits per heavy atom. The van der Waals surface area contributed by atoms with Gasteiger partial charge >= 0.3 is 0 Å². The molecule has 2 heterocycles. The molecule has 1 N–H and O–H groups in total. The first kappa shape index (κ1) is 12.6. The van der Waals surface area contributed by atoms with E-state index >= 15 is 0 Å². The lowest BCUT2D eigenvalue weighted by atomic mass is 10.2. The van der Waals surface area contributed by atoms with Gasteiger partial charge in [-0.3, -0.25) is 9.36 Å². The summed E-state index contributed by atoms with van der Waals surface area (Å²) in [5.41, 5.74) is -0.0542. The van der Waals surface area contributed by atoms with Gasteiger partial charge in [0.15, 0.2) is 0 Å². The number of aliphatic hydroxyl groups is 1. The van der Waals surface area contributed by atoms with E-state index in [4.69, 9.17) is 9.84 Å². The number of nitrogens with zero attached hydrogens (tertiary/aromatic N) is 2. The molecule has 1 saturated heterocycles. The normalized spacial score (nSPS) is 20.6. The predicted molar refractivity (Wildman–Crippen MR) is 68.4 cm³/mol. The number of hydrogen-bond acceptors (Lipinski definition) is 4. The lowest BCUT2D eigenvalue weighted by molar-refractivity contribution is 0.00319. The van der Waals surface area contributed by atoms with Gasteiger partial charge < -0.3 is 14.7 Å². The van der Waals surface area contributed by atoms with Crippen LogP contribution in [-0.2, 0) is 11.8 Å². The summed E-state index contributed by atoms with van der Waals surface area (Å²) in [4.78, 5) is 13.7. The summed E-state index contributed by atoms with van der Waals surface area (Å²) in [6, 6.07) is 3.44. The van der Waals surface area contributed by atoms with Gasteiger partial charge in [0.1, 0.15) is 5.82 Å². The molecule has 0 amide bonds. The van der Waals surface area contributed by atoms with Crippen molar-refractivity contribution in [2.45, 2.75) is 6.10 Å². The van der Waals surface area contributed by atoms with E-state index in [0.29, 0.717) is 13.2 Å². The van der Waals surface area contributed by atoms with Gasteiger partial charge in [0.25, 0.3) is 5.56 Å². The number of hydrogen-bond donors (Lipinski definition) is 1. The van der Waals surface area contributed by atoms with Crippen molar-refractivity contribution >= 4 is 21.7 Å². The average molecular weight is 303 g/mol. The van der Waals surface area contributed by atoms with E-state index in [-0.39, 0.29) is 18.3 Å². The van der Waals surface area contributed by atoms with Crippen LogP contribution in [0.5, 0.6) is 0 Å². The molecule has 1 aromatic rings. The fourth-order valence-electron chi connectivity index (χ4n) is 1.93. The van der Waals surface area contributed by atoms with Crippen molar-refractivity contribution in [3.63, 3.8) is 0 Å². The van der Waals surface area contributed by atoms with E-state index in [2.05, 4.69) is 20.8 Å². The van der Waals surface area contributed by atoms with Crippen molar-refractivity contribution in [1.29, 1.82) is 0 Å². The molecule has 5 nitrogen and oxygen atoms in total. The number of aromatic nitrogens is 1. The molecule has 2 rings (SSSR count). The quantitative estimate of drug-likeness (QED) is 0.856. The maximum Gasteiger partial charge on any atom is 0.252 e. The van der Waals surface area contributed by atoms with Crippen LogP contribution in [-0.4, -0.2) is 42.1 Å². The number of pyridine rings is 1. The highest BCUT2D eigenvalue weighted by atomic mass is 79.9. The standard InChI is InChI=1S/C11H15BrN2O3/c1-13-10(4-8(12)5-11(13)16)14-2-3-17-9(6-14)7-15/h4-5,9,15H,2-3,6-7H2,1H3. The van der Waals surface area contributed by atoms with E-state index in [9.17, 15) is 4.79 Å². The third kappa shape index (κ3) is 2.70. The van der Waals surface area contributed by atoms with Crippen LogP contribution in [0.4, 0.5) is 5.82 Å². The smallest absolute Gasteiger partial charge is 0.252 e. The minimum absolute atomic E-state index is 0.00154. The Kier molecular flexibility index (Phi) is 3.86. The zero-order chi connectivity index (χ0) is 12.4. The largest absolute Gasteiger partial charge is 0.394 e. The van der Waals surface area contributed by atoms with Crippen molar-refractivity contribution in [3.8, 4) is 0 Å². The number of halogens is 1. The molecular weight excluding hydrogens is 288 g/mol. The third-order valence-corrected chi connectivity index (χ3v) is 3.33. The maximum absolute atomic E-state index is 11.7. The molecule has 0 radical (unpaired) electrons. The van der Waals surface area contributed by atoms with Crippen LogP contribution in [0.3, 0.4) is 0 Å². The number of rotatable bonds is 2. The van der Waals surface area contributed by atoms with Gasteiger partial charge in [-0.2, -0.15) is 0 Å². The van der Waals surface area contributed by atoms with Gasteiger partial charge in [-0.15, -0.1) is 0 Å². The van der Waals surface area contributed by atoms with Gasteiger partial charge in [0, 0.05) is 30.7 Å². The zero-order valence-corrected chi connectivity index (χ0v) is 11.2. The number of ether oxygens (including phenoxy) is 1. The topological polar surface area (TPSA) is 54.7 Å². The van der Waals surface area contributed by atoms with E-state index in [1.807, 2.05) is 6.07 Å². The second-order valence-corrected chi connectivity index (χ2v) is 4.97. The molecule has 1 aromatic heterocycles. The monoisotopic (exact) mass is 302 g/mol. The van der Waals surface area contributed by atoms with Gasteiger partial charge in [0.05, 0.1) is 19.3 Å². The molecule has 94 valence electrons. The highest BCUT2D eigenvalue weighted by Crippen LogP contribution is 2.19. The minimum atomic E-state index is -0.183. The molecule has 0 aliphatic carbocycles. The number of anilines is 1. The highest BCUT2D eigenvalue weighted by molar-refractivity contribution is 9.10. The summed E-state index contributed by atoms with van der Waals surface area (Å²) in [7, 11) is 1.74. The van der Waals surface area contributed by atoms with Crippen LogP contribution in [0, 0.1) is 0 Å². The summed E-state index contributed by atoms with van der Waals surface area (Å²) >= 11 is 3.33. The van der Waals surface area contributed by atoms with Crippen LogP contribution < -0.4 is 10.5 Å². The van der Waals surface area contributed by atoms with Crippen LogP contribution in [0.15, 0.2) is 21.4 Å². The van der Waals surface area contributed by atoms with E-state index in [0.717, 1.165) is 16.8 Å². The van der Waals surface area contributed by atoms with Crippen LogP contribution in [0.2, 0.25) is 0 Å². The van der Waals surface area contributed by atoms with E-state index in [1.54, 1.807) is 11.6 Å². The van der Waals surface area contributed by atoms with Gasteiger partial charge in [-0.05, 0) is 6.07 Å². The number of aliphatic hydroxyl groups excluding tert-OH is 1. The maximum atomic E-state index is 11.7. The molecule has 1 fully saturated rings. The Bertz CT molecular complexity index is 461. The molecule has 17 heavy (non-hydrogen) atoms. The SMILES string of the molecule is Cn1c(N2CCOC(CO)C2)cc(Br)cc1=O. The molecule has 0 aromatic carbocycles. The first-order valence-electron chi connectivity index (χ1n) is 5.46. The van der Waals surface area contributed by atoms with Crippen molar-refractivity contribution in [1.82, 2.24) is 4.57 Å². The van der Waals surface area contributed by atoms with Gasteiger partial charge in [-0.1, -0.05) is 15.9 Å². The van der Waals surface area contributed by atoms with Crippen molar-refractivity contribution < 1.29 is 9.84 Å². The summed E-state index contributed by atoms with van der Waals surface area (Å²) in [5, 5.41) is 9.10. The summed E-state index contributed by atoms with van der Waals surface area (Å²) < 4.78 is 7.76. The Balaban J connectivity index is 2.30. The molecule has 0 spiro atoms. The number of morpholine rings is 1. The van der Waals surface area contributed by atoms with Crippen LogP contribution in [0.1, 0.15) is 0 Å². The Labute approximate surface area is 108 Å². The lowest BCUT2D eigenvalue weighted by Crippen LogP contribution is -2.45. The molecule has 6 heteroatoms. The lowest BCUT2D eigenvalue weighted by Gasteiger charge is -2.34. The second-order valence-electron chi connectivity index (χ2n) is 4.05. The molecule has 1 unspecified atom stereocenters. The van der Waals surface area contributed by atoms with Crippen molar-refractivity contribution in [2.24, 2.45) is 7.05 Å². The molecule has 1 atom stereocenters. The molecular formula is C11H15BrN2O3. The van der Waals surface area contributed by atoms with Crippen molar-refractivity contribution in [3.05, 3.63) is 27.0 Å². The predicted octanol–water partition coefficient (Wildman–Crippen LogP) is 0.345. The zero-order valence-electron chi connectivity index (χ0n) is 9.60. The van der Waals surface area contributed by atoms with Gasteiger partial charge in [0.2, 0.25) is 0 Å². The Hall–Kier alpha value is -0.850. The molecule has 1 aliphatic rings. The van der Waals surface area contributed by atoms with Crippen LogP contribution in [0.25, 0.3) is 0 Å². The van der Waals surface area contributed by atoms with Crippen molar-refractivity contribution in [2.75, 3.05) is 31.2 Å². The Morgan fingerprint density at radius 2 is 2.35 bits per heavy atom. The fourth-order valence-corrected chi connectivity index (χ4v) is 2.33. The molecule has 1 aliphatic heterocycles. The fraction of sp³-hybridized carbons (Fsp3) is 0.545. The first-order valence-corrected chi connectivity index (χ1v) is 6.25. The summed E-state index contributed by atoms with van der Waals surface area (Å²) in [5.74, 6) is 0.839. The minimum Gasteiger partial charge on any atom is -0.394 e. The summed E-state index contributed by atoms with van der Waals surface area (Å²) in [6.45, 7) is 1.88.